The monoisotopic (exact) mass is 381 g/mol. The Hall–Kier alpha value is -2.13. The van der Waals surface area contributed by atoms with E-state index in [1.165, 1.54) is 5.56 Å². The second-order valence-electron chi connectivity index (χ2n) is 6.77. The van der Waals surface area contributed by atoms with Gasteiger partial charge in [-0.1, -0.05) is 54.9 Å². The minimum absolute atomic E-state index is 0.0672. The second kappa shape index (κ2) is 6.78. The Labute approximate surface area is 151 Å². The van der Waals surface area contributed by atoms with Gasteiger partial charge in [0.15, 0.2) is 0 Å². The van der Waals surface area contributed by atoms with E-state index < -0.39 is 0 Å². The molecule has 0 atom stereocenters. The number of benzene rings is 2. The number of ether oxygens (including phenoxy) is 1. The molecule has 0 fully saturated rings. The number of hydrogen-bond acceptors (Lipinski definition) is 2. The molecule has 3 rings (SSSR count). The molecule has 3 heteroatoms. The summed E-state index contributed by atoms with van der Waals surface area (Å²) in [6, 6.07) is 20.1. The van der Waals surface area contributed by atoms with E-state index in [1.807, 2.05) is 48.5 Å². The zero-order valence-corrected chi connectivity index (χ0v) is 15.7. The van der Waals surface area contributed by atoms with Crippen LogP contribution in [-0.4, -0.2) is 4.98 Å². The maximum atomic E-state index is 6.10. The van der Waals surface area contributed by atoms with Crippen LogP contribution in [0, 0.1) is 0 Å². The Bertz CT molecular complexity index is 838. The van der Waals surface area contributed by atoms with Crippen molar-refractivity contribution in [3.63, 3.8) is 0 Å². The number of pyridine rings is 1. The second-order valence-corrected chi connectivity index (χ2v) is 7.69. The van der Waals surface area contributed by atoms with Gasteiger partial charge in [-0.3, -0.25) is 4.98 Å². The highest BCUT2D eigenvalue weighted by Gasteiger charge is 2.15. The molecule has 0 aliphatic heterocycles. The minimum Gasteiger partial charge on any atom is -0.457 e. The summed E-state index contributed by atoms with van der Waals surface area (Å²) in [6.07, 6.45) is 1.80. The van der Waals surface area contributed by atoms with Crippen LogP contribution in [0.15, 0.2) is 71.3 Å². The Morgan fingerprint density at radius 1 is 0.875 bits per heavy atom. The van der Waals surface area contributed by atoms with Gasteiger partial charge in [-0.25, -0.2) is 0 Å². The van der Waals surface area contributed by atoms with Crippen LogP contribution in [0.3, 0.4) is 0 Å². The Balaban J connectivity index is 1.91. The average molecular weight is 382 g/mol. The van der Waals surface area contributed by atoms with Gasteiger partial charge in [0.05, 0.1) is 5.69 Å². The predicted octanol–water partition coefficient (Wildman–Crippen LogP) is 6.60. The highest BCUT2D eigenvalue weighted by Crippen LogP contribution is 2.33. The lowest BCUT2D eigenvalue weighted by atomic mass is 9.87. The molecule has 1 heterocycles. The summed E-state index contributed by atoms with van der Waals surface area (Å²) in [5, 5.41) is 0. The van der Waals surface area contributed by atoms with Crippen molar-refractivity contribution in [2.45, 2.75) is 26.2 Å². The third kappa shape index (κ3) is 4.04. The number of halogens is 1. The van der Waals surface area contributed by atoms with Crippen molar-refractivity contribution in [2.75, 3.05) is 0 Å². The van der Waals surface area contributed by atoms with Gasteiger partial charge < -0.3 is 4.74 Å². The summed E-state index contributed by atoms with van der Waals surface area (Å²) >= 11 is 3.58. The average Bonchev–Trinajstić information content (AvgIpc) is 2.54. The van der Waals surface area contributed by atoms with Crippen LogP contribution in [-0.2, 0) is 5.41 Å². The van der Waals surface area contributed by atoms with E-state index in [1.54, 1.807) is 6.20 Å². The topological polar surface area (TPSA) is 22.1 Å². The smallest absolute Gasteiger partial charge is 0.128 e. The minimum atomic E-state index is 0.0672. The lowest BCUT2D eigenvalue weighted by Crippen LogP contribution is -2.10. The van der Waals surface area contributed by atoms with Crippen molar-refractivity contribution >= 4 is 15.9 Å². The molecule has 1 aromatic heterocycles. The van der Waals surface area contributed by atoms with Crippen molar-refractivity contribution < 1.29 is 4.74 Å². The van der Waals surface area contributed by atoms with E-state index in [4.69, 9.17) is 4.74 Å². The van der Waals surface area contributed by atoms with Crippen LogP contribution in [0.5, 0.6) is 11.5 Å². The largest absolute Gasteiger partial charge is 0.457 e. The van der Waals surface area contributed by atoms with Crippen molar-refractivity contribution in [1.82, 2.24) is 4.98 Å². The lowest BCUT2D eigenvalue weighted by Gasteiger charge is -2.20. The van der Waals surface area contributed by atoms with Crippen LogP contribution in [0.1, 0.15) is 26.3 Å². The number of hydrogen-bond donors (Lipinski definition) is 0. The first kappa shape index (κ1) is 16.7. The zero-order valence-electron chi connectivity index (χ0n) is 14.1. The van der Waals surface area contributed by atoms with Gasteiger partial charge in [0.1, 0.15) is 11.5 Å². The predicted molar refractivity (Wildman–Crippen MR) is 103 cm³/mol. The maximum Gasteiger partial charge on any atom is 0.128 e. The van der Waals surface area contributed by atoms with Crippen molar-refractivity contribution in [2.24, 2.45) is 0 Å². The highest BCUT2D eigenvalue weighted by atomic mass is 79.9. The maximum absolute atomic E-state index is 6.10. The molecule has 0 spiro atoms. The Morgan fingerprint density at radius 3 is 2.42 bits per heavy atom. The molecule has 0 radical (unpaired) electrons. The summed E-state index contributed by atoms with van der Waals surface area (Å²) < 4.78 is 7.12. The molecule has 0 aliphatic carbocycles. The van der Waals surface area contributed by atoms with Gasteiger partial charge in [0.25, 0.3) is 0 Å². The number of nitrogens with zero attached hydrogens (tertiary/aromatic N) is 1. The fourth-order valence-corrected chi connectivity index (χ4v) is 2.92. The first-order chi connectivity index (χ1) is 11.4. The lowest BCUT2D eigenvalue weighted by molar-refractivity contribution is 0.478. The summed E-state index contributed by atoms with van der Waals surface area (Å²) in [5.41, 5.74) is 3.28. The third-order valence-electron chi connectivity index (χ3n) is 3.77. The normalized spacial score (nSPS) is 11.3. The van der Waals surface area contributed by atoms with Crippen LogP contribution in [0.4, 0.5) is 0 Å². The zero-order chi connectivity index (χ0) is 17.2. The molecule has 24 heavy (non-hydrogen) atoms. The molecule has 2 nitrogen and oxygen atoms in total. The van der Waals surface area contributed by atoms with Gasteiger partial charge in [0.2, 0.25) is 0 Å². The van der Waals surface area contributed by atoms with Crippen molar-refractivity contribution in [3.8, 4) is 22.8 Å². The van der Waals surface area contributed by atoms with E-state index in [0.29, 0.717) is 0 Å². The molecular weight excluding hydrogens is 362 g/mol. The van der Waals surface area contributed by atoms with Gasteiger partial charge in [0, 0.05) is 16.2 Å². The first-order valence-electron chi connectivity index (χ1n) is 7.92. The van der Waals surface area contributed by atoms with E-state index >= 15 is 0 Å². The highest BCUT2D eigenvalue weighted by molar-refractivity contribution is 9.10. The molecule has 0 saturated heterocycles. The van der Waals surface area contributed by atoms with E-state index in [-0.39, 0.29) is 5.41 Å². The fourth-order valence-electron chi connectivity index (χ4n) is 2.44. The molecular formula is C21H20BrNO. The standard InChI is InChI=1S/C21H20BrNO/c1-21(2,3)16-12-17(22)14-19(13-16)24-18-8-6-7-15(11-18)20-9-4-5-10-23-20/h4-14H,1-3H3. The third-order valence-corrected chi connectivity index (χ3v) is 4.23. The van der Waals surface area contributed by atoms with E-state index in [2.05, 4.69) is 53.8 Å². The van der Waals surface area contributed by atoms with Crippen molar-refractivity contribution in [3.05, 3.63) is 76.9 Å². The van der Waals surface area contributed by atoms with Crippen molar-refractivity contribution in [1.29, 1.82) is 0 Å². The van der Waals surface area contributed by atoms with Gasteiger partial charge in [-0.05, 0) is 53.4 Å². The van der Waals surface area contributed by atoms with Crippen LogP contribution < -0.4 is 4.74 Å². The first-order valence-corrected chi connectivity index (χ1v) is 8.71. The summed E-state index contributed by atoms with van der Waals surface area (Å²) in [6.45, 7) is 6.58. The Kier molecular flexibility index (Phi) is 4.72. The van der Waals surface area contributed by atoms with Crippen LogP contribution in [0.2, 0.25) is 0 Å². The number of rotatable bonds is 3. The SMILES string of the molecule is CC(C)(C)c1cc(Br)cc(Oc2cccc(-c3ccccn3)c2)c1. The molecule has 0 saturated carbocycles. The van der Waals surface area contributed by atoms with Crippen LogP contribution >= 0.6 is 15.9 Å². The summed E-state index contributed by atoms with van der Waals surface area (Å²) in [7, 11) is 0. The molecule has 0 bridgehead atoms. The van der Waals surface area contributed by atoms with E-state index in [9.17, 15) is 0 Å². The Morgan fingerprint density at radius 2 is 1.71 bits per heavy atom. The fraction of sp³-hybridized carbons (Fsp3) is 0.190. The summed E-state index contributed by atoms with van der Waals surface area (Å²) in [5.74, 6) is 1.63. The molecule has 0 aliphatic rings. The molecule has 0 unspecified atom stereocenters. The quantitative estimate of drug-likeness (QED) is 0.509. The molecule has 3 aromatic rings. The molecule has 2 aromatic carbocycles. The number of aromatic nitrogens is 1. The van der Waals surface area contributed by atoms with Crippen LogP contribution in [0.25, 0.3) is 11.3 Å². The molecule has 122 valence electrons. The van der Waals surface area contributed by atoms with E-state index in [0.717, 1.165) is 27.2 Å². The van der Waals surface area contributed by atoms with Gasteiger partial charge in [-0.15, -0.1) is 0 Å². The summed E-state index contributed by atoms with van der Waals surface area (Å²) in [4.78, 5) is 4.39. The van der Waals surface area contributed by atoms with Gasteiger partial charge in [-0.2, -0.15) is 0 Å². The molecule has 0 amide bonds. The molecule has 0 N–H and O–H groups in total. The van der Waals surface area contributed by atoms with Gasteiger partial charge >= 0.3 is 0 Å².